The molecule has 3 N–H and O–H groups in total. The summed E-state index contributed by atoms with van der Waals surface area (Å²) in [5.41, 5.74) is 4.70. The quantitative estimate of drug-likeness (QED) is 0.268. The molecular weight excluding hydrogens is 472 g/mol. The Hall–Kier alpha value is -3.35. The summed E-state index contributed by atoms with van der Waals surface area (Å²) in [5, 5.41) is 8.15. The molecule has 0 aliphatic carbocycles. The van der Waals surface area contributed by atoms with Gasteiger partial charge in [0.15, 0.2) is 0 Å². The number of nitrogens with one attached hydrogen (secondary N) is 3. The van der Waals surface area contributed by atoms with E-state index in [9.17, 15) is 4.79 Å². The van der Waals surface area contributed by atoms with Gasteiger partial charge >= 0.3 is 0 Å². The van der Waals surface area contributed by atoms with E-state index in [1.165, 1.54) is 12.8 Å². The van der Waals surface area contributed by atoms with Crippen molar-refractivity contribution in [2.75, 3.05) is 18.5 Å². The third kappa shape index (κ3) is 5.40. The van der Waals surface area contributed by atoms with E-state index in [1.807, 2.05) is 50.2 Å². The number of fused-ring (bicyclic) bond motifs is 1. The van der Waals surface area contributed by atoms with Gasteiger partial charge in [0.25, 0.3) is 5.56 Å². The van der Waals surface area contributed by atoms with E-state index in [0.29, 0.717) is 46.0 Å². The average Bonchev–Trinajstić information content (AvgIpc) is 2.85. The third-order valence-corrected chi connectivity index (χ3v) is 6.93. The zero-order valence-electron chi connectivity index (χ0n) is 20.7. The van der Waals surface area contributed by atoms with E-state index < -0.39 is 0 Å². The van der Waals surface area contributed by atoms with Crippen LogP contribution < -0.4 is 20.9 Å². The molecule has 1 saturated heterocycles. The number of aromatic nitrogens is 2. The third-order valence-electron chi connectivity index (χ3n) is 6.62. The summed E-state index contributed by atoms with van der Waals surface area (Å²) in [5.74, 6) is 1.26. The normalized spacial score (nSPS) is 15.7. The Morgan fingerprint density at radius 3 is 2.67 bits per heavy atom. The summed E-state index contributed by atoms with van der Waals surface area (Å²) in [6.07, 6.45) is 6.21. The molecule has 3 heterocycles. The van der Waals surface area contributed by atoms with Gasteiger partial charge in [0.2, 0.25) is 0 Å². The first-order chi connectivity index (χ1) is 17.5. The second kappa shape index (κ2) is 10.7. The lowest BCUT2D eigenvalue weighted by Crippen LogP contribution is -2.35. The minimum absolute atomic E-state index is 0.195. The van der Waals surface area contributed by atoms with Crippen LogP contribution in [-0.4, -0.2) is 29.2 Å². The monoisotopic (exact) mass is 502 g/mol. The Labute approximate surface area is 216 Å². The zero-order chi connectivity index (χ0) is 25.1. The highest BCUT2D eigenvalue weighted by Crippen LogP contribution is 2.38. The van der Waals surface area contributed by atoms with Crippen LogP contribution in [0.15, 0.2) is 59.5 Å². The molecule has 4 aromatic rings. The molecule has 2 aromatic heterocycles. The predicted molar refractivity (Wildman–Crippen MR) is 148 cm³/mol. The van der Waals surface area contributed by atoms with Gasteiger partial charge in [-0.25, -0.2) is 4.98 Å². The van der Waals surface area contributed by atoms with Gasteiger partial charge in [-0.1, -0.05) is 53.4 Å². The number of pyridine rings is 2. The van der Waals surface area contributed by atoms with Gasteiger partial charge in [-0.15, -0.1) is 0 Å². The Balaban J connectivity index is 1.61. The molecule has 1 aliphatic rings. The first-order valence-electron chi connectivity index (χ1n) is 12.5. The first-order valence-corrected chi connectivity index (χ1v) is 12.9. The van der Waals surface area contributed by atoms with Crippen LogP contribution in [0.4, 0.5) is 11.5 Å². The summed E-state index contributed by atoms with van der Waals surface area (Å²) in [6, 6.07) is 15.9. The fourth-order valence-electron chi connectivity index (χ4n) is 4.96. The molecule has 186 valence electrons. The van der Waals surface area contributed by atoms with Crippen LogP contribution >= 0.6 is 11.6 Å². The highest BCUT2D eigenvalue weighted by Gasteiger charge is 2.20. The SMILES string of the molecule is Cc1cc(C)cc(-c2c(OCC[C@@H]3CCCCN3)c3cc(Nc4ccccn4)c(Cl)cc3[nH]c2=O)c1. The molecule has 6 nitrogen and oxygen atoms in total. The molecule has 1 atom stereocenters. The molecule has 0 bridgehead atoms. The van der Waals surface area contributed by atoms with Crippen molar-refractivity contribution in [3.8, 4) is 16.9 Å². The number of hydrogen-bond donors (Lipinski definition) is 3. The molecule has 0 unspecified atom stereocenters. The molecule has 2 aromatic carbocycles. The van der Waals surface area contributed by atoms with Crippen molar-refractivity contribution in [3.05, 3.63) is 81.2 Å². The van der Waals surface area contributed by atoms with Gasteiger partial charge < -0.3 is 20.4 Å². The minimum Gasteiger partial charge on any atom is -0.492 e. The molecule has 0 spiro atoms. The smallest absolute Gasteiger partial charge is 0.260 e. The minimum atomic E-state index is -0.195. The number of aryl methyl sites for hydroxylation is 2. The Morgan fingerprint density at radius 1 is 1.11 bits per heavy atom. The Bertz CT molecular complexity index is 1410. The highest BCUT2D eigenvalue weighted by atomic mass is 35.5. The van der Waals surface area contributed by atoms with Crippen LogP contribution in [0.2, 0.25) is 5.02 Å². The number of aromatic amines is 1. The van der Waals surface area contributed by atoms with Crippen LogP contribution in [0.5, 0.6) is 5.75 Å². The van der Waals surface area contributed by atoms with Crippen molar-refractivity contribution in [3.63, 3.8) is 0 Å². The molecule has 0 amide bonds. The van der Waals surface area contributed by atoms with Gasteiger partial charge in [-0.2, -0.15) is 0 Å². The summed E-state index contributed by atoms with van der Waals surface area (Å²) in [7, 11) is 0. The summed E-state index contributed by atoms with van der Waals surface area (Å²) >= 11 is 6.60. The topological polar surface area (TPSA) is 79.0 Å². The summed E-state index contributed by atoms with van der Waals surface area (Å²) < 4.78 is 6.47. The number of hydrogen-bond acceptors (Lipinski definition) is 5. The molecule has 0 saturated carbocycles. The van der Waals surface area contributed by atoms with E-state index >= 15 is 0 Å². The molecule has 5 rings (SSSR count). The maximum absolute atomic E-state index is 13.4. The van der Waals surface area contributed by atoms with Gasteiger partial charge in [-0.3, -0.25) is 4.79 Å². The first kappa shape index (κ1) is 24.3. The maximum atomic E-state index is 13.4. The van der Waals surface area contributed by atoms with Crippen molar-refractivity contribution >= 4 is 34.0 Å². The van der Waals surface area contributed by atoms with Gasteiger partial charge in [0.05, 0.1) is 28.4 Å². The van der Waals surface area contributed by atoms with Gasteiger partial charge in [0.1, 0.15) is 11.6 Å². The van der Waals surface area contributed by atoms with E-state index in [0.717, 1.165) is 41.5 Å². The lowest BCUT2D eigenvalue weighted by Gasteiger charge is -2.24. The van der Waals surface area contributed by atoms with Crippen molar-refractivity contribution in [2.24, 2.45) is 0 Å². The predicted octanol–water partition coefficient (Wildman–Crippen LogP) is 6.51. The molecule has 0 radical (unpaired) electrons. The van der Waals surface area contributed by atoms with E-state index in [4.69, 9.17) is 16.3 Å². The lowest BCUT2D eigenvalue weighted by molar-refractivity contribution is 0.271. The maximum Gasteiger partial charge on any atom is 0.260 e. The largest absolute Gasteiger partial charge is 0.492 e. The number of nitrogens with zero attached hydrogens (tertiary/aromatic N) is 1. The fraction of sp³-hybridized carbons (Fsp3) is 0.310. The average molecular weight is 503 g/mol. The fourth-order valence-corrected chi connectivity index (χ4v) is 5.17. The molecule has 36 heavy (non-hydrogen) atoms. The van der Waals surface area contributed by atoms with Crippen LogP contribution in [-0.2, 0) is 0 Å². The lowest BCUT2D eigenvalue weighted by atomic mass is 9.99. The standard InChI is InChI=1S/C29H31ClN4O2/c1-18-13-19(2)15-20(14-18)27-28(36-12-9-21-7-3-5-10-31-21)22-16-25(33-26-8-4-6-11-32-26)23(30)17-24(22)34-29(27)35/h4,6,8,11,13-17,21,31H,3,5,7,9-10,12H2,1-2H3,(H,32,33)(H,34,35)/t21-/m0/s1. The molecule has 1 fully saturated rings. The van der Waals surface area contributed by atoms with Crippen molar-refractivity contribution in [1.29, 1.82) is 0 Å². The van der Waals surface area contributed by atoms with Crippen molar-refractivity contribution < 1.29 is 4.74 Å². The van der Waals surface area contributed by atoms with E-state index in [-0.39, 0.29) is 5.56 Å². The van der Waals surface area contributed by atoms with Crippen LogP contribution in [0.3, 0.4) is 0 Å². The number of halogens is 1. The number of ether oxygens (including phenoxy) is 1. The molecular formula is C29H31ClN4O2. The van der Waals surface area contributed by atoms with E-state index in [1.54, 1.807) is 12.3 Å². The van der Waals surface area contributed by atoms with Crippen LogP contribution in [0.25, 0.3) is 22.0 Å². The number of rotatable bonds is 7. The van der Waals surface area contributed by atoms with E-state index in [2.05, 4.69) is 26.7 Å². The Kier molecular flexibility index (Phi) is 7.25. The van der Waals surface area contributed by atoms with Crippen LogP contribution in [0.1, 0.15) is 36.8 Å². The Morgan fingerprint density at radius 2 is 1.94 bits per heavy atom. The molecule has 1 aliphatic heterocycles. The van der Waals surface area contributed by atoms with Crippen LogP contribution in [0, 0.1) is 13.8 Å². The van der Waals surface area contributed by atoms with Crippen molar-refractivity contribution in [2.45, 2.75) is 45.6 Å². The number of H-pyrrole nitrogens is 1. The second-order valence-corrected chi connectivity index (χ2v) is 9.94. The molecule has 7 heteroatoms. The summed E-state index contributed by atoms with van der Waals surface area (Å²) in [6.45, 7) is 5.64. The summed E-state index contributed by atoms with van der Waals surface area (Å²) in [4.78, 5) is 20.8. The van der Waals surface area contributed by atoms with Gasteiger partial charge in [0, 0.05) is 17.6 Å². The number of anilines is 2. The second-order valence-electron chi connectivity index (χ2n) is 9.54. The number of piperidine rings is 1. The van der Waals surface area contributed by atoms with Crippen molar-refractivity contribution in [1.82, 2.24) is 15.3 Å². The number of benzene rings is 2. The van der Waals surface area contributed by atoms with Gasteiger partial charge in [-0.05, 0) is 69.5 Å². The highest BCUT2D eigenvalue weighted by molar-refractivity contribution is 6.34. The zero-order valence-corrected chi connectivity index (χ0v) is 21.4.